The van der Waals surface area contributed by atoms with Crippen LogP contribution in [0, 0.1) is 5.92 Å². The molecule has 1 unspecified atom stereocenters. The molecular weight excluding hydrogens is 188 g/mol. The van der Waals surface area contributed by atoms with Crippen molar-refractivity contribution in [2.75, 3.05) is 0 Å². The van der Waals surface area contributed by atoms with E-state index in [1.807, 2.05) is 30.3 Å². The second-order valence-corrected chi connectivity index (χ2v) is 3.80. The molecule has 1 heterocycles. The second kappa shape index (κ2) is 3.09. The normalized spacial score (nSPS) is 22.5. The number of hydrogen-bond donors (Lipinski definition) is 0. The predicted molar refractivity (Wildman–Crippen MR) is 56.5 cm³/mol. The van der Waals surface area contributed by atoms with Gasteiger partial charge in [-0.05, 0) is 30.2 Å². The van der Waals surface area contributed by atoms with Crippen molar-refractivity contribution in [2.24, 2.45) is 5.92 Å². The summed E-state index contributed by atoms with van der Waals surface area (Å²) in [6, 6.07) is 7.87. The Labute approximate surface area is 87.9 Å². The third-order valence-corrected chi connectivity index (χ3v) is 2.83. The Morgan fingerprint density at radius 3 is 3.07 bits per heavy atom. The van der Waals surface area contributed by atoms with Crippen molar-refractivity contribution in [1.82, 2.24) is 0 Å². The van der Waals surface area contributed by atoms with Gasteiger partial charge in [0, 0.05) is 0 Å². The number of para-hydroxylation sites is 1. The van der Waals surface area contributed by atoms with Gasteiger partial charge in [0.15, 0.2) is 5.78 Å². The molecule has 0 spiro atoms. The van der Waals surface area contributed by atoms with Gasteiger partial charge in [0.1, 0.15) is 11.5 Å². The van der Waals surface area contributed by atoms with E-state index < -0.39 is 0 Å². The lowest BCUT2D eigenvalue weighted by atomic mass is 9.88. The van der Waals surface area contributed by atoms with Crippen LogP contribution in [-0.4, -0.2) is 5.78 Å². The lowest BCUT2D eigenvalue weighted by molar-refractivity contribution is -0.118. The number of fused-ring (bicyclic) bond motifs is 2. The predicted octanol–water partition coefficient (Wildman–Crippen LogP) is 2.26. The van der Waals surface area contributed by atoms with Crippen LogP contribution in [0.2, 0.25) is 0 Å². The van der Waals surface area contributed by atoms with Crippen molar-refractivity contribution < 1.29 is 9.53 Å². The molecule has 1 aromatic carbocycles. The van der Waals surface area contributed by atoms with Crippen LogP contribution in [0.25, 0.3) is 0 Å². The summed E-state index contributed by atoms with van der Waals surface area (Å²) in [7, 11) is 0. The average Bonchev–Trinajstić information content (AvgIpc) is 2.27. The zero-order valence-electron chi connectivity index (χ0n) is 8.14. The summed E-state index contributed by atoms with van der Waals surface area (Å²) in [5, 5.41) is 0. The van der Waals surface area contributed by atoms with Gasteiger partial charge in [0.05, 0.1) is 5.92 Å². The number of ketones is 1. The van der Waals surface area contributed by atoms with E-state index in [2.05, 4.69) is 0 Å². The summed E-state index contributed by atoms with van der Waals surface area (Å²) in [5.74, 6) is 1.69. The fraction of sp³-hybridized carbons (Fsp3) is 0.154. The Morgan fingerprint density at radius 2 is 2.13 bits per heavy atom. The number of allylic oxidation sites excluding steroid dienone is 4. The van der Waals surface area contributed by atoms with Crippen molar-refractivity contribution in [2.45, 2.75) is 6.42 Å². The Balaban J connectivity index is 2.06. The van der Waals surface area contributed by atoms with Crippen molar-refractivity contribution in [1.29, 1.82) is 0 Å². The number of rotatable bonds is 0. The monoisotopic (exact) mass is 198 g/mol. The molecule has 0 aromatic heterocycles. The van der Waals surface area contributed by atoms with E-state index in [0.717, 1.165) is 23.5 Å². The zero-order valence-corrected chi connectivity index (χ0v) is 8.14. The van der Waals surface area contributed by atoms with E-state index in [1.165, 1.54) is 0 Å². The fourth-order valence-electron chi connectivity index (χ4n) is 2.04. The van der Waals surface area contributed by atoms with E-state index in [0.29, 0.717) is 0 Å². The summed E-state index contributed by atoms with van der Waals surface area (Å²) >= 11 is 0. The molecule has 0 saturated carbocycles. The highest BCUT2D eigenvalue weighted by Crippen LogP contribution is 2.34. The molecule has 0 fully saturated rings. The maximum absolute atomic E-state index is 11.6. The Bertz CT molecular complexity index is 483. The van der Waals surface area contributed by atoms with Gasteiger partial charge in [-0.15, -0.1) is 0 Å². The van der Waals surface area contributed by atoms with Crippen LogP contribution in [-0.2, 0) is 11.2 Å². The highest BCUT2D eigenvalue weighted by atomic mass is 16.5. The Kier molecular flexibility index (Phi) is 1.75. The number of hydrogen-bond acceptors (Lipinski definition) is 2. The summed E-state index contributed by atoms with van der Waals surface area (Å²) in [4.78, 5) is 11.6. The summed E-state index contributed by atoms with van der Waals surface area (Å²) < 4.78 is 5.70. The SMILES string of the molecule is O=C1C=CC=C2Oc3ccccc3CC12. The molecule has 0 saturated heterocycles. The van der Waals surface area contributed by atoms with Gasteiger partial charge in [0.25, 0.3) is 0 Å². The first-order valence-corrected chi connectivity index (χ1v) is 5.02. The summed E-state index contributed by atoms with van der Waals surface area (Å²) in [5.41, 5.74) is 1.11. The molecule has 1 atom stereocenters. The van der Waals surface area contributed by atoms with Gasteiger partial charge in [-0.1, -0.05) is 24.3 Å². The molecule has 1 aromatic rings. The molecule has 3 rings (SSSR count). The summed E-state index contributed by atoms with van der Waals surface area (Å²) in [6.45, 7) is 0. The summed E-state index contributed by atoms with van der Waals surface area (Å²) in [6.07, 6.45) is 6.00. The standard InChI is InChI=1S/C13H10O2/c14-11-5-3-7-13-10(11)8-9-4-1-2-6-12(9)15-13/h1-7,10H,8H2. The number of carbonyl (C=O) groups excluding carboxylic acids is 1. The maximum Gasteiger partial charge on any atom is 0.166 e. The van der Waals surface area contributed by atoms with E-state index in [-0.39, 0.29) is 11.7 Å². The minimum Gasteiger partial charge on any atom is -0.461 e. The number of benzene rings is 1. The minimum atomic E-state index is -0.107. The molecule has 0 bridgehead atoms. The minimum absolute atomic E-state index is 0.107. The Morgan fingerprint density at radius 1 is 1.27 bits per heavy atom. The van der Waals surface area contributed by atoms with Gasteiger partial charge >= 0.3 is 0 Å². The van der Waals surface area contributed by atoms with Crippen LogP contribution in [0.5, 0.6) is 5.75 Å². The first kappa shape index (κ1) is 8.48. The van der Waals surface area contributed by atoms with Gasteiger partial charge in [-0.3, -0.25) is 4.79 Å². The topological polar surface area (TPSA) is 26.3 Å². The van der Waals surface area contributed by atoms with E-state index in [1.54, 1.807) is 12.2 Å². The zero-order chi connectivity index (χ0) is 10.3. The third-order valence-electron chi connectivity index (χ3n) is 2.83. The van der Waals surface area contributed by atoms with Gasteiger partial charge in [-0.25, -0.2) is 0 Å². The molecule has 1 aliphatic carbocycles. The average molecular weight is 198 g/mol. The number of carbonyl (C=O) groups is 1. The highest BCUT2D eigenvalue weighted by Gasteiger charge is 2.30. The quantitative estimate of drug-likeness (QED) is 0.639. The highest BCUT2D eigenvalue weighted by molar-refractivity contribution is 5.95. The van der Waals surface area contributed by atoms with Crippen molar-refractivity contribution in [3.05, 3.63) is 53.8 Å². The van der Waals surface area contributed by atoms with Crippen molar-refractivity contribution >= 4 is 5.78 Å². The molecule has 1 aliphatic heterocycles. The lowest BCUT2D eigenvalue weighted by Gasteiger charge is -2.27. The molecule has 2 heteroatoms. The fourth-order valence-corrected chi connectivity index (χ4v) is 2.04. The lowest BCUT2D eigenvalue weighted by Crippen LogP contribution is -2.26. The number of ether oxygens (including phenoxy) is 1. The van der Waals surface area contributed by atoms with Crippen LogP contribution in [0.4, 0.5) is 0 Å². The first-order chi connectivity index (χ1) is 7.34. The molecule has 0 N–H and O–H groups in total. The molecule has 74 valence electrons. The van der Waals surface area contributed by atoms with Crippen LogP contribution >= 0.6 is 0 Å². The largest absolute Gasteiger partial charge is 0.461 e. The first-order valence-electron chi connectivity index (χ1n) is 5.02. The van der Waals surface area contributed by atoms with E-state index in [4.69, 9.17) is 4.74 Å². The third kappa shape index (κ3) is 1.30. The molecular formula is C13H10O2. The van der Waals surface area contributed by atoms with Crippen LogP contribution in [0.15, 0.2) is 48.3 Å². The van der Waals surface area contributed by atoms with Gasteiger partial charge in [-0.2, -0.15) is 0 Å². The second-order valence-electron chi connectivity index (χ2n) is 3.80. The van der Waals surface area contributed by atoms with Crippen LogP contribution in [0.1, 0.15) is 5.56 Å². The van der Waals surface area contributed by atoms with Gasteiger partial charge in [0.2, 0.25) is 0 Å². The van der Waals surface area contributed by atoms with E-state index in [9.17, 15) is 4.79 Å². The molecule has 2 aliphatic rings. The van der Waals surface area contributed by atoms with Crippen molar-refractivity contribution in [3.63, 3.8) is 0 Å². The van der Waals surface area contributed by atoms with Crippen LogP contribution in [0.3, 0.4) is 0 Å². The molecule has 0 radical (unpaired) electrons. The molecule has 2 nitrogen and oxygen atoms in total. The molecule has 15 heavy (non-hydrogen) atoms. The van der Waals surface area contributed by atoms with Crippen LogP contribution < -0.4 is 4.74 Å². The smallest absolute Gasteiger partial charge is 0.166 e. The van der Waals surface area contributed by atoms with Gasteiger partial charge < -0.3 is 4.74 Å². The molecule has 0 amide bonds. The van der Waals surface area contributed by atoms with E-state index >= 15 is 0 Å². The maximum atomic E-state index is 11.6. The van der Waals surface area contributed by atoms with Crippen molar-refractivity contribution in [3.8, 4) is 5.75 Å². The Hall–Kier alpha value is -1.83.